The topological polar surface area (TPSA) is 52.7 Å². The molecular formula is C19H25N3O2. The fraction of sp³-hybridized carbons (Fsp3) is 0.474. The van der Waals surface area contributed by atoms with E-state index in [9.17, 15) is 9.59 Å². The van der Waals surface area contributed by atoms with Crippen LogP contribution in [0, 0.1) is 0 Å². The lowest BCUT2D eigenvalue weighted by molar-refractivity contribution is -0.117. The van der Waals surface area contributed by atoms with Crippen molar-refractivity contribution in [2.45, 2.75) is 45.1 Å². The highest BCUT2D eigenvalue weighted by molar-refractivity contribution is 5.96. The number of amides is 3. The summed E-state index contributed by atoms with van der Waals surface area (Å²) in [6.07, 6.45) is 8.99. The molecule has 1 aromatic rings. The van der Waals surface area contributed by atoms with Crippen LogP contribution in [-0.2, 0) is 4.79 Å². The van der Waals surface area contributed by atoms with Gasteiger partial charge in [0, 0.05) is 30.9 Å². The first-order chi connectivity index (χ1) is 11.7. The zero-order valence-corrected chi connectivity index (χ0v) is 14.2. The van der Waals surface area contributed by atoms with Crippen molar-refractivity contribution in [1.82, 2.24) is 4.90 Å². The lowest BCUT2D eigenvalue weighted by atomic mass is 10.1. The van der Waals surface area contributed by atoms with Gasteiger partial charge in [-0.25, -0.2) is 4.79 Å². The van der Waals surface area contributed by atoms with E-state index in [0.29, 0.717) is 13.0 Å². The summed E-state index contributed by atoms with van der Waals surface area (Å²) in [5.74, 6) is 0.175. The minimum atomic E-state index is -0.0638. The van der Waals surface area contributed by atoms with Gasteiger partial charge < -0.3 is 15.1 Å². The van der Waals surface area contributed by atoms with Crippen molar-refractivity contribution in [1.29, 1.82) is 0 Å². The summed E-state index contributed by atoms with van der Waals surface area (Å²) in [6.45, 7) is 3.61. The molecule has 1 aromatic carbocycles. The first-order valence-electron chi connectivity index (χ1n) is 8.83. The number of hydrogen-bond donors (Lipinski definition) is 1. The van der Waals surface area contributed by atoms with Crippen LogP contribution in [0.3, 0.4) is 0 Å². The Balaban J connectivity index is 1.59. The van der Waals surface area contributed by atoms with Crippen LogP contribution in [0.5, 0.6) is 0 Å². The molecule has 0 aliphatic carbocycles. The van der Waals surface area contributed by atoms with Crippen LogP contribution < -0.4 is 10.2 Å². The van der Waals surface area contributed by atoms with Crippen molar-refractivity contribution in [3.8, 4) is 0 Å². The lowest BCUT2D eigenvalue weighted by Gasteiger charge is -2.25. The molecule has 0 radical (unpaired) electrons. The van der Waals surface area contributed by atoms with E-state index >= 15 is 0 Å². The van der Waals surface area contributed by atoms with Gasteiger partial charge in [0.25, 0.3) is 0 Å². The largest absolute Gasteiger partial charge is 0.322 e. The molecule has 128 valence electrons. The number of anilines is 2. The van der Waals surface area contributed by atoms with Gasteiger partial charge in [-0.15, -0.1) is 0 Å². The van der Waals surface area contributed by atoms with Gasteiger partial charge in [0.2, 0.25) is 5.91 Å². The van der Waals surface area contributed by atoms with Crippen molar-refractivity contribution in [2.75, 3.05) is 23.3 Å². The van der Waals surface area contributed by atoms with Gasteiger partial charge in [0.1, 0.15) is 0 Å². The summed E-state index contributed by atoms with van der Waals surface area (Å²) in [7, 11) is 0. The standard InChI is InChI=1S/C19H25N3O2/c1-2-3-6-16-7-4-14-22(16)19(24)20-15-9-11-17(12-10-15)21-13-5-8-18(21)23/h4,7,9-12,16H,2-3,5-6,8,13-14H2,1H3,(H,20,24)/t16-/m0/s1. The molecule has 3 amide bonds. The van der Waals surface area contributed by atoms with Gasteiger partial charge >= 0.3 is 6.03 Å². The predicted molar refractivity (Wildman–Crippen MR) is 96.2 cm³/mol. The summed E-state index contributed by atoms with van der Waals surface area (Å²) in [5.41, 5.74) is 1.66. The molecule has 0 saturated carbocycles. The molecule has 0 aromatic heterocycles. The lowest BCUT2D eigenvalue weighted by Crippen LogP contribution is -2.39. The Morgan fingerprint density at radius 3 is 2.75 bits per heavy atom. The zero-order valence-electron chi connectivity index (χ0n) is 14.2. The molecule has 24 heavy (non-hydrogen) atoms. The first kappa shape index (κ1) is 16.6. The number of rotatable bonds is 5. The van der Waals surface area contributed by atoms with E-state index in [2.05, 4.69) is 24.4 Å². The fourth-order valence-corrected chi connectivity index (χ4v) is 3.31. The third-order valence-corrected chi connectivity index (χ3v) is 4.68. The van der Waals surface area contributed by atoms with Crippen LogP contribution >= 0.6 is 0 Å². The van der Waals surface area contributed by atoms with Crippen molar-refractivity contribution in [3.05, 3.63) is 36.4 Å². The summed E-state index contributed by atoms with van der Waals surface area (Å²) in [5, 5.41) is 2.96. The van der Waals surface area contributed by atoms with Crippen molar-refractivity contribution in [2.24, 2.45) is 0 Å². The molecule has 0 unspecified atom stereocenters. The Hall–Kier alpha value is -2.30. The van der Waals surface area contributed by atoms with Crippen LogP contribution in [0.2, 0.25) is 0 Å². The monoisotopic (exact) mass is 327 g/mol. The van der Waals surface area contributed by atoms with Gasteiger partial charge in [-0.3, -0.25) is 4.79 Å². The Labute approximate surface area is 143 Å². The molecule has 1 N–H and O–H groups in total. The molecule has 1 saturated heterocycles. The second-order valence-electron chi connectivity index (χ2n) is 6.42. The van der Waals surface area contributed by atoms with Gasteiger partial charge in [-0.2, -0.15) is 0 Å². The Morgan fingerprint density at radius 1 is 1.29 bits per heavy atom. The van der Waals surface area contributed by atoms with Crippen molar-refractivity contribution in [3.63, 3.8) is 0 Å². The molecule has 0 spiro atoms. The second-order valence-corrected chi connectivity index (χ2v) is 6.42. The highest BCUT2D eigenvalue weighted by Gasteiger charge is 2.24. The molecule has 0 bridgehead atoms. The maximum atomic E-state index is 12.5. The molecule has 5 nitrogen and oxygen atoms in total. The molecular weight excluding hydrogens is 302 g/mol. The number of urea groups is 1. The summed E-state index contributed by atoms with van der Waals surface area (Å²) in [6, 6.07) is 7.66. The molecule has 2 heterocycles. The van der Waals surface area contributed by atoms with Crippen molar-refractivity contribution < 1.29 is 9.59 Å². The van der Waals surface area contributed by atoms with Gasteiger partial charge in [-0.05, 0) is 37.1 Å². The average Bonchev–Trinajstić information content (AvgIpc) is 3.22. The molecule has 2 aliphatic heterocycles. The molecule has 1 fully saturated rings. The summed E-state index contributed by atoms with van der Waals surface area (Å²) in [4.78, 5) is 27.9. The Morgan fingerprint density at radius 2 is 2.08 bits per heavy atom. The van der Waals surface area contributed by atoms with E-state index in [0.717, 1.165) is 43.6 Å². The SMILES string of the molecule is CCCC[C@H]1C=CCN1C(=O)Nc1ccc(N2CCCC2=O)cc1. The number of nitrogens with one attached hydrogen (secondary N) is 1. The van der Waals surface area contributed by atoms with E-state index in [4.69, 9.17) is 0 Å². The minimum Gasteiger partial charge on any atom is -0.314 e. The van der Waals surface area contributed by atoms with Crippen LogP contribution in [0.4, 0.5) is 16.2 Å². The highest BCUT2D eigenvalue weighted by Crippen LogP contribution is 2.24. The van der Waals surface area contributed by atoms with Gasteiger partial charge in [0.05, 0.1) is 6.04 Å². The molecule has 1 atom stereocenters. The van der Waals surface area contributed by atoms with E-state index in [1.165, 1.54) is 0 Å². The number of unbranched alkanes of at least 4 members (excludes halogenated alkanes) is 1. The number of benzene rings is 1. The quantitative estimate of drug-likeness (QED) is 0.837. The zero-order chi connectivity index (χ0) is 16.9. The molecule has 5 heteroatoms. The Bertz CT molecular complexity index is 624. The minimum absolute atomic E-state index is 0.0638. The van der Waals surface area contributed by atoms with Crippen LogP contribution in [-0.4, -0.2) is 36.0 Å². The third-order valence-electron chi connectivity index (χ3n) is 4.68. The smallest absolute Gasteiger partial charge is 0.314 e. The van der Waals surface area contributed by atoms with Crippen LogP contribution in [0.25, 0.3) is 0 Å². The molecule has 2 aliphatic rings. The maximum Gasteiger partial charge on any atom is 0.322 e. The fourth-order valence-electron chi connectivity index (χ4n) is 3.31. The highest BCUT2D eigenvalue weighted by atomic mass is 16.2. The molecule has 3 rings (SSSR count). The van der Waals surface area contributed by atoms with Gasteiger partial charge in [-0.1, -0.05) is 31.9 Å². The normalized spacial score (nSPS) is 20.0. The van der Waals surface area contributed by atoms with Gasteiger partial charge in [0.15, 0.2) is 0 Å². The number of carbonyl (C=O) groups excluding carboxylic acids is 2. The number of hydrogen-bond acceptors (Lipinski definition) is 2. The second kappa shape index (κ2) is 7.51. The summed E-state index contributed by atoms with van der Waals surface area (Å²) >= 11 is 0. The van der Waals surface area contributed by atoms with E-state index in [1.807, 2.05) is 29.2 Å². The number of nitrogens with zero attached hydrogens (tertiary/aromatic N) is 2. The van der Waals surface area contributed by atoms with E-state index < -0.39 is 0 Å². The average molecular weight is 327 g/mol. The maximum absolute atomic E-state index is 12.5. The van der Waals surface area contributed by atoms with Crippen molar-refractivity contribution >= 4 is 23.3 Å². The Kier molecular flexibility index (Phi) is 5.18. The predicted octanol–water partition coefficient (Wildman–Crippen LogP) is 3.78. The van der Waals surface area contributed by atoms with E-state index in [-0.39, 0.29) is 18.0 Å². The van der Waals surface area contributed by atoms with Crippen LogP contribution in [0.1, 0.15) is 39.0 Å². The van der Waals surface area contributed by atoms with E-state index in [1.54, 1.807) is 4.90 Å². The first-order valence-corrected chi connectivity index (χ1v) is 8.83. The van der Waals surface area contributed by atoms with Crippen LogP contribution in [0.15, 0.2) is 36.4 Å². The summed E-state index contributed by atoms with van der Waals surface area (Å²) < 4.78 is 0. The third kappa shape index (κ3) is 3.61. The number of carbonyl (C=O) groups is 2.